The largest absolute Gasteiger partial charge is 0.451 e. The summed E-state index contributed by atoms with van der Waals surface area (Å²) >= 11 is 0. The average molecular weight is 509 g/mol. The number of nitrogens with two attached hydrogens (primary N) is 1. The van der Waals surface area contributed by atoms with Gasteiger partial charge >= 0.3 is 0 Å². The van der Waals surface area contributed by atoms with Crippen LogP contribution >= 0.6 is 0 Å². The summed E-state index contributed by atoms with van der Waals surface area (Å²) in [6.45, 7) is 18.2. The molecule has 204 valence electrons. The summed E-state index contributed by atoms with van der Waals surface area (Å²) in [6, 6.07) is 9.37. The Labute approximate surface area is 224 Å². The molecule has 1 aliphatic rings. The maximum absolute atomic E-state index is 6.08. The van der Waals surface area contributed by atoms with E-state index in [1.807, 2.05) is 44.2 Å². The molecule has 1 aliphatic carbocycles. The topological polar surface area (TPSA) is 86.0 Å². The number of para-hydroxylation sites is 1. The Morgan fingerprint density at radius 1 is 1.14 bits per heavy atom. The molecule has 1 heterocycles. The Balaban J connectivity index is 0.000000471. The van der Waals surface area contributed by atoms with E-state index in [0.717, 1.165) is 11.8 Å². The fourth-order valence-electron chi connectivity index (χ4n) is 4.25. The van der Waals surface area contributed by atoms with Crippen molar-refractivity contribution in [3.63, 3.8) is 0 Å². The number of rotatable bonds is 8. The van der Waals surface area contributed by atoms with Gasteiger partial charge in [-0.05, 0) is 44.7 Å². The van der Waals surface area contributed by atoms with Gasteiger partial charge in [-0.1, -0.05) is 96.2 Å². The van der Waals surface area contributed by atoms with Crippen molar-refractivity contribution in [2.75, 3.05) is 7.05 Å². The van der Waals surface area contributed by atoms with E-state index in [2.05, 4.69) is 49.4 Å². The van der Waals surface area contributed by atoms with E-state index in [0.29, 0.717) is 45.6 Å². The Hall–Kier alpha value is -3.15. The minimum atomic E-state index is 0.391. The molecule has 0 radical (unpaired) electrons. The fourth-order valence-corrected chi connectivity index (χ4v) is 4.25. The standard InChI is InChI=1S/C19H22N4O2.C9H18.C3H8/c1-12(2)23-14(4)17(13(3)20)18(21-5)19-16(11-22-25-19)24-15-9-7-6-8-10-15;1-3-8(2)9-6-4-5-7-9;1-3-2/h6-11H,1,20H2,2-5H3;8-9H,3-7H2,1-2H3;3H2,1-2H3/b17-13-,21-18?,23-14?;;. The SMILES string of the molecule is C=C(C)N=C(C)/C(C(=NC)c1oncc1Oc1ccccc1)=C(\C)N.CCC.CCC(C)C1CCCC1. The first-order valence-electron chi connectivity index (χ1n) is 13.5. The molecule has 37 heavy (non-hydrogen) atoms. The predicted octanol–water partition coefficient (Wildman–Crippen LogP) is 8.75. The quantitative estimate of drug-likeness (QED) is 0.361. The highest BCUT2D eigenvalue weighted by Crippen LogP contribution is 2.32. The predicted molar refractivity (Wildman–Crippen MR) is 158 cm³/mol. The zero-order valence-corrected chi connectivity index (χ0v) is 24.3. The van der Waals surface area contributed by atoms with Gasteiger partial charge in [0.05, 0.1) is 0 Å². The van der Waals surface area contributed by atoms with Crippen LogP contribution in [0.25, 0.3) is 0 Å². The van der Waals surface area contributed by atoms with Crippen LogP contribution < -0.4 is 10.5 Å². The molecule has 1 aromatic heterocycles. The van der Waals surface area contributed by atoms with Crippen molar-refractivity contribution in [1.82, 2.24) is 5.16 Å². The minimum absolute atomic E-state index is 0.391. The van der Waals surface area contributed by atoms with Crippen molar-refractivity contribution in [3.05, 3.63) is 65.8 Å². The molecule has 0 aliphatic heterocycles. The van der Waals surface area contributed by atoms with Crippen LogP contribution in [0.5, 0.6) is 11.5 Å². The molecule has 0 spiro atoms. The first-order valence-corrected chi connectivity index (χ1v) is 13.5. The van der Waals surface area contributed by atoms with Gasteiger partial charge in [-0.2, -0.15) is 0 Å². The third kappa shape index (κ3) is 10.8. The van der Waals surface area contributed by atoms with E-state index in [4.69, 9.17) is 15.0 Å². The number of aliphatic imine (C=N–C) groups is 2. The number of hydrogen-bond acceptors (Lipinski definition) is 6. The van der Waals surface area contributed by atoms with Gasteiger partial charge in [0.25, 0.3) is 0 Å². The average Bonchev–Trinajstić information content (AvgIpc) is 3.55. The molecule has 0 bridgehead atoms. The third-order valence-corrected chi connectivity index (χ3v) is 6.15. The second-order valence-electron chi connectivity index (χ2n) is 9.63. The molecule has 2 N–H and O–H groups in total. The number of nitrogens with zero attached hydrogens (tertiary/aromatic N) is 3. The molecule has 1 aromatic carbocycles. The molecule has 0 saturated heterocycles. The molecular formula is C31H48N4O2. The van der Waals surface area contributed by atoms with Crippen LogP contribution in [0.2, 0.25) is 0 Å². The van der Waals surface area contributed by atoms with Gasteiger partial charge in [-0.3, -0.25) is 9.98 Å². The van der Waals surface area contributed by atoms with Crippen molar-refractivity contribution in [3.8, 4) is 11.5 Å². The van der Waals surface area contributed by atoms with Crippen LogP contribution in [0.3, 0.4) is 0 Å². The molecule has 1 saturated carbocycles. The Morgan fingerprint density at radius 3 is 2.22 bits per heavy atom. The van der Waals surface area contributed by atoms with Gasteiger partial charge < -0.3 is 15.0 Å². The highest BCUT2D eigenvalue weighted by atomic mass is 16.5. The molecular weight excluding hydrogens is 460 g/mol. The second kappa shape index (κ2) is 17.3. The van der Waals surface area contributed by atoms with Gasteiger partial charge in [0, 0.05) is 29.7 Å². The van der Waals surface area contributed by atoms with E-state index in [1.54, 1.807) is 14.0 Å². The number of aromatic nitrogens is 1. The van der Waals surface area contributed by atoms with Crippen molar-refractivity contribution in [1.29, 1.82) is 0 Å². The number of allylic oxidation sites excluding steroid dienone is 3. The molecule has 1 fully saturated rings. The van der Waals surface area contributed by atoms with Crippen LogP contribution in [0.15, 0.2) is 74.6 Å². The van der Waals surface area contributed by atoms with Crippen LogP contribution in [-0.4, -0.2) is 23.6 Å². The normalized spacial score (nSPS) is 15.6. The minimum Gasteiger partial charge on any atom is -0.451 e. The van der Waals surface area contributed by atoms with Gasteiger partial charge in [-0.25, -0.2) is 0 Å². The first-order chi connectivity index (χ1) is 17.7. The summed E-state index contributed by atoms with van der Waals surface area (Å²) in [4.78, 5) is 8.73. The fraction of sp³-hybridized carbons (Fsp3) is 0.516. The molecule has 1 atom stereocenters. The number of ether oxygens (including phenoxy) is 1. The molecule has 6 heteroatoms. The zero-order valence-electron chi connectivity index (χ0n) is 24.3. The van der Waals surface area contributed by atoms with Crippen LogP contribution in [0.4, 0.5) is 0 Å². The smallest absolute Gasteiger partial charge is 0.227 e. The van der Waals surface area contributed by atoms with Crippen LogP contribution in [0, 0.1) is 11.8 Å². The summed E-state index contributed by atoms with van der Waals surface area (Å²) in [6.07, 6.45) is 10.1. The summed E-state index contributed by atoms with van der Waals surface area (Å²) in [5.41, 5.74) is 9.19. The Kier molecular flexibility index (Phi) is 14.9. The number of hydrogen-bond donors (Lipinski definition) is 1. The molecule has 3 rings (SSSR count). The number of benzene rings is 1. The van der Waals surface area contributed by atoms with Gasteiger partial charge in [-0.15, -0.1) is 0 Å². The summed E-state index contributed by atoms with van der Waals surface area (Å²) < 4.78 is 11.3. The first kappa shape index (κ1) is 31.9. The van der Waals surface area contributed by atoms with E-state index in [1.165, 1.54) is 44.7 Å². The van der Waals surface area contributed by atoms with Crippen molar-refractivity contribution in [2.45, 2.75) is 87.0 Å². The van der Waals surface area contributed by atoms with Crippen molar-refractivity contribution >= 4 is 11.4 Å². The summed E-state index contributed by atoms with van der Waals surface area (Å²) in [5.74, 6) is 3.59. The van der Waals surface area contributed by atoms with E-state index >= 15 is 0 Å². The lowest BCUT2D eigenvalue weighted by atomic mass is 9.91. The monoisotopic (exact) mass is 508 g/mol. The Morgan fingerprint density at radius 2 is 1.73 bits per heavy atom. The molecule has 6 nitrogen and oxygen atoms in total. The van der Waals surface area contributed by atoms with Gasteiger partial charge in [0.1, 0.15) is 17.7 Å². The van der Waals surface area contributed by atoms with Crippen molar-refractivity contribution in [2.24, 2.45) is 27.6 Å². The maximum Gasteiger partial charge on any atom is 0.227 e. The highest BCUT2D eigenvalue weighted by Gasteiger charge is 2.23. The second-order valence-corrected chi connectivity index (χ2v) is 9.63. The van der Waals surface area contributed by atoms with E-state index in [-0.39, 0.29) is 0 Å². The molecule has 2 aromatic rings. The lowest BCUT2D eigenvalue weighted by molar-refractivity contribution is 0.357. The zero-order chi connectivity index (χ0) is 27.8. The summed E-state index contributed by atoms with van der Waals surface area (Å²) in [5, 5.41) is 3.85. The molecule has 0 amide bonds. The summed E-state index contributed by atoms with van der Waals surface area (Å²) in [7, 11) is 1.65. The maximum atomic E-state index is 6.08. The lowest BCUT2D eigenvalue weighted by Crippen LogP contribution is -2.17. The highest BCUT2D eigenvalue weighted by molar-refractivity contribution is 6.29. The van der Waals surface area contributed by atoms with Gasteiger partial charge in [0.2, 0.25) is 5.76 Å². The van der Waals surface area contributed by atoms with Crippen LogP contribution in [0.1, 0.15) is 92.8 Å². The van der Waals surface area contributed by atoms with Crippen molar-refractivity contribution < 1.29 is 9.26 Å². The van der Waals surface area contributed by atoms with Crippen LogP contribution in [-0.2, 0) is 0 Å². The molecule has 1 unspecified atom stereocenters. The third-order valence-electron chi connectivity index (χ3n) is 6.15. The van der Waals surface area contributed by atoms with E-state index in [9.17, 15) is 0 Å². The Bertz CT molecular complexity index is 1020. The van der Waals surface area contributed by atoms with Gasteiger partial charge in [0.15, 0.2) is 5.75 Å². The van der Waals surface area contributed by atoms with E-state index < -0.39 is 0 Å². The lowest BCUT2D eigenvalue weighted by Gasteiger charge is -2.15.